The number of nitrogen functional groups attached to an aromatic ring is 1. The van der Waals surface area contributed by atoms with Gasteiger partial charge in [0.05, 0.1) is 18.7 Å². The van der Waals surface area contributed by atoms with Gasteiger partial charge in [-0.3, -0.25) is 10.2 Å². The molecule has 8 nitrogen and oxygen atoms in total. The monoisotopic (exact) mass is 474 g/mol. The molecule has 182 valence electrons. The van der Waals surface area contributed by atoms with E-state index in [4.69, 9.17) is 21.6 Å². The summed E-state index contributed by atoms with van der Waals surface area (Å²) in [4.78, 5) is 24.7. The molecule has 0 aliphatic rings. The number of methoxy groups -OCH3 is 1. The molecular weight excluding hydrogens is 444 g/mol. The van der Waals surface area contributed by atoms with Gasteiger partial charge < -0.3 is 26.6 Å². The molecule has 1 atom stereocenters. The maximum absolute atomic E-state index is 12.5. The van der Waals surface area contributed by atoms with Crippen LogP contribution >= 0.6 is 0 Å². The lowest BCUT2D eigenvalue weighted by Gasteiger charge is -2.20. The zero-order valence-electron chi connectivity index (χ0n) is 20.0. The smallest absolute Gasteiger partial charge is 0.336 e. The molecule has 0 saturated heterocycles. The van der Waals surface area contributed by atoms with Crippen LogP contribution in [0.4, 0.5) is 0 Å². The molecule has 1 amide bonds. The summed E-state index contributed by atoms with van der Waals surface area (Å²) in [5, 5.41) is 20.4. The fraction of sp³-hybridized carbons (Fsp3) is 0.222. The highest BCUT2D eigenvalue weighted by Crippen LogP contribution is 2.35. The van der Waals surface area contributed by atoms with Crippen molar-refractivity contribution in [3.63, 3.8) is 0 Å². The quantitative estimate of drug-likeness (QED) is 0.235. The Kier molecular flexibility index (Phi) is 7.88. The first-order valence-electron chi connectivity index (χ1n) is 11.2. The van der Waals surface area contributed by atoms with Crippen LogP contribution in [0.3, 0.4) is 0 Å². The van der Waals surface area contributed by atoms with Crippen molar-refractivity contribution >= 4 is 17.7 Å². The Bertz CT molecular complexity index is 1250. The average Bonchev–Trinajstić information content (AvgIpc) is 2.86. The van der Waals surface area contributed by atoms with E-state index in [1.165, 1.54) is 6.07 Å². The highest BCUT2D eigenvalue weighted by atomic mass is 16.5. The molecule has 0 heterocycles. The number of carboxylic acid groups (broad SMARTS) is 1. The Hall–Kier alpha value is -4.17. The van der Waals surface area contributed by atoms with Crippen molar-refractivity contribution in [2.45, 2.75) is 19.9 Å². The molecule has 0 radical (unpaired) electrons. The Morgan fingerprint density at radius 2 is 1.63 bits per heavy atom. The molecule has 3 aromatic carbocycles. The van der Waals surface area contributed by atoms with E-state index in [1.807, 2.05) is 13.8 Å². The second-order valence-corrected chi connectivity index (χ2v) is 8.64. The van der Waals surface area contributed by atoms with Crippen molar-refractivity contribution in [3.8, 4) is 16.9 Å². The largest absolute Gasteiger partial charge is 0.497 e. The summed E-state index contributed by atoms with van der Waals surface area (Å²) in [6, 6.07) is 16.3. The van der Waals surface area contributed by atoms with Gasteiger partial charge in [0.15, 0.2) is 0 Å². The average molecular weight is 475 g/mol. The number of hydrogen-bond donors (Lipinski definition) is 5. The first-order valence-corrected chi connectivity index (χ1v) is 11.2. The van der Waals surface area contributed by atoms with Crippen molar-refractivity contribution in [2.24, 2.45) is 17.4 Å². The minimum atomic E-state index is -1.15. The molecule has 1 unspecified atom stereocenters. The van der Waals surface area contributed by atoms with Crippen LogP contribution in [0.5, 0.6) is 5.75 Å². The number of benzene rings is 3. The van der Waals surface area contributed by atoms with Crippen molar-refractivity contribution in [3.05, 3.63) is 88.5 Å². The summed E-state index contributed by atoms with van der Waals surface area (Å²) in [6.07, 6.45) is 0. The highest BCUT2D eigenvalue weighted by molar-refractivity contribution is 6.02. The third kappa shape index (κ3) is 5.85. The Balaban J connectivity index is 2.09. The minimum Gasteiger partial charge on any atom is -0.497 e. The normalized spacial score (nSPS) is 11.7. The van der Waals surface area contributed by atoms with E-state index in [-0.39, 0.29) is 28.8 Å². The second kappa shape index (κ2) is 10.8. The van der Waals surface area contributed by atoms with Crippen LogP contribution < -0.4 is 21.5 Å². The molecule has 0 saturated carbocycles. The van der Waals surface area contributed by atoms with Crippen LogP contribution in [-0.4, -0.2) is 36.5 Å². The third-order valence-corrected chi connectivity index (χ3v) is 5.65. The van der Waals surface area contributed by atoms with Crippen molar-refractivity contribution in [1.82, 2.24) is 5.32 Å². The number of amides is 1. The molecule has 0 bridgehead atoms. The fourth-order valence-corrected chi connectivity index (χ4v) is 3.72. The van der Waals surface area contributed by atoms with E-state index in [9.17, 15) is 14.7 Å². The number of carbonyl (C=O) groups excluding carboxylic acids is 1. The molecule has 3 aromatic rings. The topological polar surface area (TPSA) is 152 Å². The lowest BCUT2D eigenvalue weighted by molar-refractivity contribution is 0.0697. The summed E-state index contributed by atoms with van der Waals surface area (Å²) in [7, 11) is 1.54. The van der Waals surface area contributed by atoms with Crippen molar-refractivity contribution in [1.29, 1.82) is 5.41 Å². The molecule has 0 aromatic heterocycles. The van der Waals surface area contributed by atoms with Gasteiger partial charge in [-0.05, 0) is 52.4 Å². The summed E-state index contributed by atoms with van der Waals surface area (Å²) in [6.45, 7) is 4.45. The number of nitrogens with two attached hydrogens (primary N) is 2. The predicted octanol–water partition coefficient (Wildman–Crippen LogP) is 3.78. The molecule has 7 N–H and O–H groups in total. The lowest BCUT2D eigenvalue weighted by atomic mass is 9.88. The minimum absolute atomic E-state index is 0.00672. The van der Waals surface area contributed by atoms with Gasteiger partial charge >= 0.3 is 5.97 Å². The van der Waals surface area contributed by atoms with Crippen molar-refractivity contribution < 1.29 is 19.4 Å². The number of amidine groups is 1. The number of carbonyl (C=O) groups is 2. The second-order valence-electron chi connectivity index (χ2n) is 8.64. The van der Waals surface area contributed by atoms with E-state index in [0.717, 1.165) is 5.56 Å². The molecule has 3 rings (SSSR count). The van der Waals surface area contributed by atoms with Gasteiger partial charge in [0.2, 0.25) is 0 Å². The molecular formula is C27H30N4O4. The van der Waals surface area contributed by atoms with Crippen molar-refractivity contribution in [2.75, 3.05) is 13.7 Å². The summed E-state index contributed by atoms with van der Waals surface area (Å²) < 4.78 is 5.39. The zero-order valence-corrected chi connectivity index (χ0v) is 20.0. The van der Waals surface area contributed by atoms with Crippen LogP contribution in [0.1, 0.15) is 57.3 Å². The zero-order chi connectivity index (χ0) is 25.7. The third-order valence-electron chi connectivity index (χ3n) is 5.65. The molecule has 35 heavy (non-hydrogen) atoms. The first kappa shape index (κ1) is 25.5. The van der Waals surface area contributed by atoms with Crippen LogP contribution in [-0.2, 0) is 0 Å². The molecule has 0 aliphatic carbocycles. The van der Waals surface area contributed by atoms with Crippen LogP contribution in [0.25, 0.3) is 11.1 Å². The number of aromatic carboxylic acids is 1. The molecule has 8 heteroatoms. The summed E-state index contributed by atoms with van der Waals surface area (Å²) in [5.74, 6) is -0.688. The fourth-order valence-electron chi connectivity index (χ4n) is 3.72. The maximum atomic E-state index is 12.5. The van der Waals surface area contributed by atoms with Gasteiger partial charge in [0, 0.05) is 17.7 Å². The Morgan fingerprint density at radius 1 is 1.00 bits per heavy atom. The van der Waals surface area contributed by atoms with E-state index in [1.54, 1.807) is 61.7 Å². The lowest BCUT2D eigenvalue weighted by Crippen LogP contribution is -2.27. The molecule has 0 spiro atoms. The van der Waals surface area contributed by atoms with E-state index >= 15 is 0 Å². The summed E-state index contributed by atoms with van der Waals surface area (Å²) in [5.41, 5.74) is 15.5. The van der Waals surface area contributed by atoms with Gasteiger partial charge in [-0.1, -0.05) is 50.2 Å². The number of carboxylic acids is 1. The number of rotatable bonds is 9. The highest BCUT2D eigenvalue weighted by Gasteiger charge is 2.21. The van der Waals surface area contributed by atoms with Gasteiger partial charge in [-0.15, -0.1) is 0 Å². The Labute approximate surface area is 204 Å². The van der Waals surface area contributed by atoms with E-state index < -0.39 is 12.0 Å². The summed E-state index contributed by atoms with van der Waals surface area (Å²) >= 11 is 0. The van der Waals surface area contributed by atoms with Gasteiger partial charge in [0.25, 0.3) is 5.91 Å². The van der Waals surface area contributed by atoms with Crippen LogP contribution in [0, 0.1) is 11.3 Å². The first-order chi connectivity index (χ1) is 16.6. The van der Waals surface area contributed by atoms with E-state index in [2.05, 4.69) is 5.32 Å². The Morgan fingerprint density at radius 3 is 2.20 bits per heavy atom. The number of hydrogen-bond acceptors (Lipinski definition) is 5. The van der Waals surface area contributed by atoms with E-state index in [0.29, 0.717) is 34.5 Å². The number of nitrogens with one attached hydrogen (secondary N) is 2. The maximum Gasteiger partial charge on any atom is 0.336 e. The van der Waals surface area contributed by atoms with Gasteiger partial charge in [-0.2, -0.15) is 0 Å². The standard InChI is InChI=1S/C27H30N4O4/c1-15(2)14-31-26(32)18-8-10-21(23(12-18)27(33)34)20-11-9-19(35-3)13-22(20)24(28)16-4-6-17(7-5-16)25(29)30/h4-13,15,24H,14,28H2,1-3H3,(H3,29,30)(H,31,32)(H,33,34). The predicted molar refractivity (Wildman–Crippen MR) is 136 cm³/mol. The van der Waals surface area contributed by atoms with Gasteiger partial charge in [-0.25, -0.2) is 4.79 Å². The molecule has 0 fully saturated rings. The van der Waals surface area contributed by atoms with Crippen LogP contribution in [0.2, 0.25) is 0 Å². The molecule has 0 aliphatic heterocycles. The van der Waals surface area contributed by atoms with Gasteiger partial charge in [0.1, 0.15) is 11.6 Å². The SMILES string of the molecule is COc1ccc(-c2ccc(C(=O)NCC(C)C)cc2C(=O)O)c(C(N)c2ccc(C(=N)N)cc2)c1. The number of ether oxygens (including phenoxy) is 1. The van der Waals surface area contributed by atoms with Crippen LogP contribution in [0.15, 0.2) is 60.7 Å².